The number of benzene rings is 2. The number of nitrogens with zero attached hydrogens (tertiary/aromatic N) is 1. The predicted molar refractivity (Wildman–Crippen MR) is 80.6 cm³/mol. The molecule has 5 heteroatoms. The Hall–Kier alpha value is -1.76. The van der Waals surface area contributed by atoms with E-state index in [1.54, 1.807) is 6.07 Å². The van der Waals surface area contributed by atoms with Crippen LogP contribution in [-0.4, -0.2) is 12.1 Å². The second-order valence-electron chi connectivity index (χ2n) is 3.70. The van der Waals surface area contributed by atoms with Gasteiger partial charge in [0.1, 0.15) is 5.82 Å². The summed E-state index contributed by atoms with van der Waals surface area (Å²) in [6.45, 7) is 0. The maximum Gasteiger partial charge on any atom is 0.274 e. The molecule has 0 heterocycles. The van der Waals surface area contributed by atoms with Crippen LogP contribution in [0.25, 0.3) is 0 Å². The fraction of sp³-hybridized carbons (Fsp3) is 0. The molecule has 1 amide bonds. The van der Waals surface area contributed by atoms with Crippen LogP contribution in [0, 0.1) is 9.39 Å². The van der Waals surface area contributed by atoms with E-state index in [0.717, 1.165) is 9.13 Å². The standard InChI is InChI=1S/C14H10FIN2O/c15-12-7-3-2-6-11(12)14(19)18-17-9-10-5-1-4-8-13(10)16/h1-9H,(H,18,19). The average Bonchev–Trinajstić information content (AvgIpc) is 2.41. The lowest BCUT2D eigenvalue weighted by molar-refractivity contribution is 0.0951. The molecule has 0 atom stereocenters. The van der Waals surface area contributed by atoms with Crippen LogP contribution in [0.4, 0.5) is 4.39 Å². The molecule has 0 saturated carbocycles. The third-order valence-corrected chi connectivity index (χ3v) is 3.38. The number of halogens is 2. The maximum absolute atomic E-state index is 13.3. The Bertz CT molecular complexity index is 628. The quantitative estimate of drug-likeness (QED) is 0.505. The lowest BCUT2D eigenvalue weighted by Crippen LogP contribution is -2.19. The van der Waals surface area contributed by atoms with E-state index in [1.165, 1.54) is 24.4 Å². The molecule has 2 aromatic rings. The monoisotopic (exact) mass is 368 g/mol. The minimum absolute atomic E-state index is 0.0255. The van der Waals surface area contributed by atoms with Crippen LogP contribution >= 0.6 is 22.6 Å². The first-order valence-electron chi connectivity index (χ1n) is 5.51. The third-order valence-electron chi connectivity index (χ3n) is 2.39. The number of hydrogen-bond donors (Lipinski definition) is 1. The van der Waals surface area contributed by atoms with Gasteiger partial charge in [-0.05, 0) is 40.8 Å². The molecule has 0 aliphatic heterocycles. The van der Waals surface area contributed by atoms with Crippen molar-refractivity contribution in [1.29, 1.82) is 0 Å². The van der Waals surface area contributed by atoms with Gasteiger partial charge in [-0.3, -0.25) is 4.79 Å². The normalized spacial score (nSPS) is 10.6. The summed E-state index contributed by atoms with van der Waals surface area (Å²) in [5.74, 6) is -1.13. The maximum atomic E-state index is 13.3. The SMILES string of the molecule is O=C(NN=Cc1ccccc1I)c1ccccc1F. The number of rotatable bonds is 3. The van der Waals surface area contributed by atoms with Crippen LogP contribution in [0.15, 0.2) is 53.6 Å². The van der Waals surface area contributed by atoms with E-state index >= 15 is 0 Å². The van der Waals surface area contributed by atoms with E-state index in [0.29, 0.717) is 0 Å². The molecular formula is C14H10FIN2O. The van der Waals surface area contributed by atoms with Gasteiger partial charge < -0.3 is 0 Å². The Morgan fingerprint density at radius 3 is 2.58 bits per heavy atom. The Balaban J connectivity index is 2.06. The first-order valence-corrected chi connectivity index (χ1v) is 6.59. The highest BCUT2D eigenvalue weighted by molar-refractivity contribution is 14.1. The Morgan fingerprint density at radius 2 is 1.84 bits per heavy atom. The van der Waals surface area contributed by atoms with Gasteiger partial charge in [0.15, 0.2) is 0 Å². The highest BCUT2D eigenvalue weighted by atomic mass is 127. The highest BCUT2D eigenvalue weighted by Crippen LogP contribution is 2.09. The zero-order valence-corrected chi connectivity index (χ0v) is 12.0. The van der Waals surface area contributed by atoms with Gasteiger partial charge in [-0.2, -0.15) is 5.10 Å². The van der Waals surface area contributed by atoms with Crippen LogP contribution < -0.4 is 5.43 Å². The van der Waals surface area contributed by atoms with E-state index in [4.69, 9.17) is 0 Å². The Morgan fingerprint density at radius 1 is 1.16 bits per heavy atom. The third kappa shape index (κ3) is 3.60. The number of carbonyl (C=O) groups is 1. The summed E-state index contributed by atoms with van der Waals surface area (Å²) in [5, 5.41) is 3.82. The topological polar surface area (TPSA) is 41.5 Å². The molecule has 0 fully saturated rings. The predicted octanol–water partition coefficient (Wildman–Crippen LogP) is 3.19. The largest absolute Gasteiger partial charge is 0.274 e. The van der Waals surface area contributed by atoms with Gasteiger partial charge in [-0.15, -0.1) is 0 Å². The van der Waals surface area contributed by atoms with Crippen molar-refractivity contribution in [2.24, 2.45) is 5.10 Å². The zero-order valence-electron chi connectivity index (χ0n) is 9.81. The number of carbonyl (C=O) groups excluding carboxylic acids is 1. The Labute approximate surface area is 123 Å². The molecule has 0 bridgehead atoms. The number of nitrogens with one attached hydrogen (secondary N) is 1. The molecule has 2 aromatic carbocycles. The fourth-order valence-corrected chi connectivity index (χ4v) is 1.97. The summed E-state index contributed by atoms with van der Waals surface area (Å²) in [6.07, 6.45) is 1.53. The second kappa shape index (κ2) is 6.42. The summed E-state index contributed by atoms with van der Waals surface area (Å²) < 4.78 is 14.4. The van der Waals surface area contributed by atoms with Crippen molar-refractivity contribution in [3.63, 3.8) is 0 Å². The van der Waals surface area contributed by atoms with E-state index in [2.05, 4.69) is 33.1 Å². The van der Waals surface area contributed by atoms with Gasteiger partial charge in [-0.25, -0.2) is 9.82 Å². The van der Waals surface area contributed by atoms with Crippen LogP contribution in [0.2, 0.25) is 0 Å². The van der Waals surface area contributed by atoms with E-state index < -0.39 is 11.7 Å². The molecule has 0 saturated heterocycles. The van der Waals surface area contributed by atoms with Crippen molar-refractivity contribution >= 4 is 34.7 Å². The van der Waals surface area contributed by atoms with Gasteiger partial charge in [0, 0.05) is 9.13 Å². The van der Waals surface area contributed by atoms with E-state index in [1.807, 2.05) is 24.3 Å². The molecule has 96 valence electrons. The van der Waals surface area contributed by atoms with Crippen molar-refractivity contribution in [3.8, 4) is 0 Å². The lowest BCUT2D eigenvalue weighted by atomic mass is 10.2. The minimum Gasteiger partial charge on any atom is -0.267 e. The van der Waals surface area contributed by atoms with Crippen molar-refractivity contribution in [3.05, 3.63) is 69.0 Å². The number of hydrogen-bond acceptors (Lipinski definition) is 2. The van der Waals surface area contributed by atoms with Crippen LogP contribution in [0.1, 0.15) is 15.9 Å². The molecule has 0 aliphatic carbocycles. The molecule has 3 nitrogen and oxygen atoms in total. The van der Waals surface area contributed by atoms with Crippen LogP contribution in [0.3, 0.4) is 0 Å². The summed E-state index contributed by atoms with van der Waals surface area (Å²) in [7, 11) is 0. The summed E-state index contributed by atoms with van der Waals surface area (Å²) >= 11 is 2.17. The van der Waals surface area contributed by atoms with Gasteiger partial charge >= 0.3 is 0 Å². The van der Waals surface area contributed by atoms with Crippen LogP contribution in [-0.2, 0) is 0 Å². The molecule has 1 N–H and O–H groups in total. The van der Waals surface area contributed by atoms with E-state index in [-0.39, 0.29) is 5.56 Å². The molecular weight excluding hydrogens is 358 g/mol. The van der Waals surface area contributed by atoms with Gasteiger partial charge in [-0.1, -0.05) is 30.3 Å². The van der Waals surface area contributed by atoms with Gasteiger partial charge in [0.05, 0.1) is 11.8 Å². The molecule has 0 unspecified atom stereocenters. The summed E-state index contributed by atoms with van der Waals surface area (Å²) in [6, 6.07) is 13.4. The first kappa shape index (κ1) is 13.7. The fourth-order valence-electron chi connectivity index (χ4n) is 1.45. The molecule has 0 aliphatic rings. The first-order chi connectivity index (χ1) is 9.18. The highest BCUT2D eigenvalue weighted by Gasteiger charge is 2.09. The Kier molecular flexibility index (Phi) is 4.62. The number of hydrazone groups is 1. The minimum atomic E-state index is -0.569. The second-order valence-corrected chi connectivity index (χ2v) is 4.86. The number of amides is 1. The van der Waals surface area contributed by atoms with Gasteiger partial charge in [0.25, 0.3) is 5.91 Å². The zero-order chi connectivity index (χ0) is 13.7. The van der Waals surface area contributed by atoms with Crippen LogP contribution in [0.5, 0.6) is 0 Å². The smallest absolute Gasteiger partial charge is 0.267 e. The molecule has 0 aromatic heterocycles. The van der Waals surface area contributed by atoms with Crippen molar-refractivity contribution < 1.29 is 9.18 Å². The van der Waals surface area contributed by atoms with E-state index in [9.17, 15) is 9.18 Å². The molecule has 19 heavy (non-hydrogen) atoms. The summed E-state index contributed by atoms with van der Waals surface area (Å²) in [4.78, 5) is 11.7. The molecule has 0 radical (unpaired) electrons. The van der Waals surface area contributed by atoms with Gasteiger partial charge in [0.2, 0.25) is 0 Å². The van der Waals surface area contributed by atoms with Crippen molar-refractivity contribution in [2.45, 2.75) is 0 Å². The molecule has 2 rings (SSSR count). The lowest BCUT2D eigenvalue weighted by Gasteiger charge is -2.01. The van der Waals surface area contributed by atoms with Crippen molar-refractivity contribution in [1.82, 2.24) is 5.43 Å². The summed E-state index contributed by atoms with van der Waals surface area (Å²) in [5.41, 5.74) is 3.16. The molecule has 0 spiro atoms. The average molecular weight is 368 g/mol. The van der Waals surface area contributed by atoms with Crippen molar-refractivity contribution in [2.75, 3.05) is 0 Å².